The Labute approximate surface area is 152 Å². The molecule has 2 rings (SSSR count). The summed E-state index contributed by atoms with van der Waals surface area (Å²) >= 11 is 0. The third-order valence-corrected chi connectivity index (χ3v) is 6.97. The maximum Gasteiger partial charge on any atom is 0.338 e. The molecule has 1 N–H and O–H groups in total. The minimum Gasteiger partial charge on any atom is -0.433 e. The van der Waals surface area contributed by atoms with E-state index in [9.17, 15) is 9.90 Å². The molecule has 25 heavy (non-hydrogen) atoms. The van der Waals surface area contributed by atoms with Crippen LogP contribution in [-0.2, 0) is 23.7 Å². The van der Waals surface area contributed by atoms with Crippen molar-refractivity contribution in [2.75, 3.05) is 13.4 Å². The molecular formula is C18H34O6Si. The topological polar surface area (TPSA) is 74.2 Å². The predicted molar refractivity (Wildman–Crippen MR) is 96.8 cm³/mol. The molecule has 2 saturated heterocycles. The zero-order valence-corrected chi connectivity index (χ0v) is 17.6. The summed E-state index contributed by atoms with van der Waals surface area (Å²) < 4.78 is 22.9. The molecule has 0 radical (unpaired) electrons. The Balaban J connectivity index is 2.02. The lowest BCUT2D eigenvalue weighted by Gasteiger charge is -2.47. The molecule has 2 heterocycles. The molecule has 0 aliphatic carbocycles. The Morgan fingerprint density at radius 1 is 1.32 bits per heavy atom. The monoisotopic (exact) mass is 374 g/mol. The summed E-state index contributed by atoms with van der Waals surface area (Å²) in [7, 11) is -1.14. The van der Waals surface area contributed by atoms with Gasteiger partial charge in [-0.1, -0.05) is 40.4 Å². The fourth-order valence-electron chi connectivity index (χ4n) is 3.21. The van der Waals surface area contributed by atoms with Crippen LogP contribution in [0.25, 0.3) is 0 Å². The molecule has 0 spiro atoms. The summed E-state index contributed by atoms with van der Waals surface area (Å²) in [6.07, 6.45) is -1.95. The highest BCUT2D eigenvalue weighted by Crippen LogP contribution is 2.49. The van der Waals surface area contributed by atoms with Crippen LogP contribution in [0.3, 0.4) is 0 Å². The van der Waals surface area contributed by atoms with E-state index in [1.54, 1.807) is 6.92 Å². The van der Waals surface area contributed by atoms with Crippen LogP contribution in [0.4, 0.5) is 0 Å². The number of carbonyl (C=O) groups excluding carboxylic acids is 1. The fourth-order valence-corrected chi connectivity index (χ4v) is 3.96. The second-order valence-corrected chi connectivity index (χ2v) is 15.4. The number of esters is 1. The number of fused-ring (bicyclic) bond motifs is 1. The zero-order chi connectivity index (χ0) is 19.0. The first kappa shape index (κ1) is 20.8. The lowest BCUT2D eigenvalue weighted by atomic mass is 9.72. The molecule has 2 aliphatic rings. The first-order chi connectivity index (χ1) is 11.4. The number of carbonyl (C=O) groups is 1. The average Bonchev–Trinajstić information content (AvgIpc) is 2.68. The molecule has 2 aliphatic heterocycles. The average molecular weight is 375 g/mol. The van der Waals surface area contributed by atoms with Crippen LogP contribution in [0.1, 0.15) is 34.1 Å². The molecule has 0 aromatic carbocycles. The largest absolute Gasteiger partial charge is 0.433 e. The number of hydrogen-bond donors (Lipinski definition) is 1. The molecule has 7 heteroatoms. The van der Waals surface area contributed by atoms with Crippen LogP contribution in [0.15, 0.2) is 0 Å². The van der Waals surface area contributed by atoms with Crippen LogP contribution in [0, 0.1) is 10.8 Å². The summed E-state index contributed by atoms with van der Waals surface area (Å²) in [6.45, 7) is 15.7. The highest BCUT2D eigenvalue weighted by atomic mass is 28.3. The molecule has 2 fully saturated rings. The first-order valence-electron chi connectivity index (χ1n) is 9.09. The van der Waals surface area contributed by atoms with Crippen LogP contribution in [-0.4, -0.2) is 57.2 Å². The molecule has 0 amide bonds. The fraction of sp³-hybridized carbons (Fsp3) is 0.944. The van der Waals surface area contributed by atoms with Gasteiger partial charge in [0.1, 0.15) is 6.79 Å². The second kappa shape index (κ2) is 7.27. The first-order valence-corrected chi connectivity index (χ1v) is 12.8. The van der Waals surface area contributed by atoms with Gasteiger partial charge in [0.25, 0.3) is 0 Å². The Morgan fingerprint density at radius 2 is 1.96 bits per heavy atom. The molecule has 0 saturated carbocycles. The van der Waals surface area contributed by atoms with Crippen LogP contribution >= 0.6 is 0 Å². The van der Waals surface area contributed by atoms with E-state index in [0.29, 0.717) is 13.0 Å². The molecule has 6 nitrogen and oxygen atoms in total. The molecule has 0 aromatic heterocycles. The van der Waals surface area contributed by atoms with E-state index in [4.69, 9.17) is 18.9 Å². The lowest BCUT2D eigenvalue weighted by Crippen LogP contribution is -2.57. The number of ether oxygens (including phenoxy) is 4. The van der Waals surface area contributed by atoms with Gasteiger partial charge in [0.15, 0.2) is 6.10 Å². The van der Waals surface area contributed by atoms with Gasteiger partial charge < -0.3 is 24.1 Å². The minimum atomic E-state index is -1.24. The van der Waals surface area contributed by atoms with Crippen molar-refractivity contribution in [1.82, 2.24) is 0 Å². The molecule has 0 bridgehead atoms. The Hall–Kier alpha value is -0.473. The van der Waals surface area contributed by atoms with Gasteiger partial charge in [-0.25, -0.2) is 4.79 Å². The van der Waals surface area contributed by atoms with E-state index in [2.05, 4.69) is 40.4 Å². The summed E-state index contributed by atoms with van der Waals surface area (Å²) in [5.74, 6) is -0.643. The van der Waals surface area contributed by atoms with Crippen molar-refractivity contribution in [3.8, 4) is 0 Å². The van der Waals surface area contributed by atoms with Crippen LogP contribution < -0.4 is 0 Å². The maximum absolute atomic E-state index is 11.9. The van der Waals surface area contributed by atoms with E-state index in [1.165, 1.54) is 0 Å². The lowest BCUT2D eigenvalue weighted by molar-refractivity contribution is -0.285. The Bertz CT molecular complexity index is 483. The van der Waals surface area contributed by atoms with Crippen LogP contribution in [0.5, 0.6) is 0 Å². The quantitative estimate of drug-likeness (QED) is 0.333. The number of aliphatic hydroxyl groups is 1. The summed E-state index contributed by atoms with van der Waals surface area (Å²) in [6, 6.07) is 1.07. The van der Waals surface area contributed by atoms with E-state index < -0.39 is 31.9 Å². The van der Waals surface area contributed by atoms with Crippen molar-refractivity contribution in [2.45, 2.75) is 84.4 Å². The maximum atomic E-state index is 11.9. The summed E-state index contributed by atoms with van der Waals surface area (Å²) in [5.41, 5.74) is -1.04. The third kappa shape index (κ3) is 4.63. The van der Waals surface area contributed by atoms with Gasteiger partial charge in [-0.3, -0.25) is 0 Å². The highest BCUT2D eigenvalue weighted by molar-refractivity contribution is 6.76. The van der Waals surface area contributed by atoms with Crippen molar-refractivity contribution in [2.24, 2.45) is 10.8 Å². The molecule has 146 valence electrons. The molecular weight excluding hydrogens is 340 g/mol. The van der Waals surface area contributed by atoms with Gasteiger partial charge in [-0.05, 0) is 18.4 Å². The molecule has 5 atom stereocenters. The Kier molecular flexibility index (Phi) is 6.06. The predicted octanol–water partition coefficient (Wildman–Crippen LogP) is 2.77. The summed E-state index contributed by atoms with van der Waals surface area (Å²) in [4.78, 5) is 11.9. The zero-order valence-electron chi connectivity index (χ0n) is 16.6. The van der Waals surface area contributed by atoms with Crippen molar-refractivity contribution in [3.63, 3.8) is 0 Å². The van der Waals surface area contributed by atoms with Crippen molar-refractivity contribution in [1.29, 1.82) is 0 Å². The SMILES string of the molecule is CC(C)(C)[C@@H]1C[C@H](OCOCC[Si](C)(C)C)C2(C)C(OC(=O)[C@H]2O)O1. The second-order valence-electron chi connectivity index (χ2n) is 9.76. The van der Waals surface area contributed by atoms with E-state index >= 15 is 0 Å². The van der Waals surface area contributed by atoms with Crippen molar-refractivity contribution >= 4 is 14.0 Å². The minimum absolute atomic E-state index is 0.123. The van der Waals surface area contributed by atoms with E-state index in [-0.39, 0.29) is 24.4 Å². The van der Waals surface area contributed by atoms with Gasteiger partial charge in [0.05, 0.1) is 17.6 Å². The van der Waals surface area contributed by atoms with E-state index in [1.807, 2.05) is 0 Å². The standard InChI is InChI=1S/C18H34O6Si/c1-17(2,3)12-10-13(22-11-21-8-9-25(5,6)7)18(4)14(19)15(20)24-16(18)23-12/h12-14,16,19H,8-11H2,1-7H3/t12-,13-,14+,16?,18?/m0/s1. The van der Waals surface area contributed by atoms with Gasteiger partial charge in [-0.2, -0.15) is 0 Å². The van der Waals surface area contributed by atoms with Gasteiger partial charge in [-0.15, -0.1) is 0 Å². The van der Waals surface area contributed by atoms with Gasteiger partial charge in [0, 0.05) is 21.1 Å². The number of hydrogen-bond acceptors (Lipinski definition) is 6. The highest BCUT2D eigenvalue weighted by Gasteiger charge is 2.63. The molecule has 0 aromatic rings. The normalized spacial score (nSPS) is 36.2. The van der Waals surface area contributed by atoms with E-state index in [0.717, 1.165) is 6.04 Å². The third-order valence-electron chi connectivity index (χ3n) is 5.27. The van der Waals surface area contributed by atoms with Crippen molar-refractivity contribution in [3.05, 3.63) is 0 Å². The Morgan fingerprint density at radius 3 is 2.52 bits per heavy atom. The summed E-state index contributed by atoms with van der Waals surface area (Å²) in [5, 5.41) is 10.4. The number of rotatable bonds is 6. The van der Waals surface area contributed by atoms with Crippen LogP contribution in [0.2, 0.25) is 25.7 Å². The number of aliphatic hydroxyl groups excluding tert-OH is 1. The molecule has 2 unspecified atom stereocenters. The van der Waals surface area contributed by atoms with Gasteiger partial charge in [0.2, 0.25) is 6.29 Å². The van der Waals surface area contributed by atoms with Crippen molar-refractivity contribution < 1.29 is 28.8 Å². The van der Waals surface area contributed by atoms with Gasteiger partial charge >= 0.3 is 5.97 Å². The smallest absolute Gasteiger partial charge is 0.338 e.